The van der Waals surface area contributed by atoms with Crippen LogP contribution in [0.3, 0.4) is 0 Å². The Balaban J connectivity index is 2.22. The van der Waals surface area contributed by atoms with E-state index in [0.29, 0.717) is 27.8 Å². The van der Waals surface area contributed by atoms with Gasteiger partial charge in [-0.2, -0.15) is 0 Å². The highest BCUT2D eigenvalue weighted by Crippen LogP contribution is 2.49. The van der Waals surface area contributed by atoms with Crippen LogP contribution in [0.4, 0.5) is 4.79 Å². The molecule has 0 amide bonds. The van der Waals surface area contributed by atoms with Gasteiger partial charge in [-0.05, 0) is 39.0 Å². The first-order valence-electron chi connectivity index (χ1n) is 9.63. The molecule has 0 unspecified atom stereocenters. The second-order valence-electron chi connectivity index (χ2n) is 7.97. The van der Waals surface area contributed by atoms with Crippen LogP contribution in [0.2, 0.25) is 0 Å². The fraction of sp³-hybridized carbons (Fsp3) is 0.455. The number of benzene rings is 2. The third kappa shape index (κ3) is 4.46. The summed E-state index contributed by atoms with van der Waals surface area (Å²) in [6.45, 7) is 5.16. The molecule has 1 aliphatic heterocycles. The van der Waals surface area contributed by atoms with E-state index in [1.165, 1.54) is 21.3 Å². The summed E-state index contributed by atoms with van der Waals surface area (Å²) in [6.07, 6.45) is -2.98. The van der Waals surface area contributed by atoms with Crippen LogP contribution in [0.1, 0.15) is 38.9 Å². The van der Waals surface area contributed by atoms with Crippen LogP contribution in [0, 0.1) is 0 Å². The molecule has 0 aliphatic carbocycles. The molecule has 1 aliphatic rings. The topological polar surface area (TPSA) is 110 Å². The van der Waals surface area contributed by atoms with Crippen molar-refractivity contribution in [3.63, 3.8) is 0 Å². The fourth-order valence-corrected chi connectivity index (χ4v) is 3.47. The molecule has 2 aromatic rings. The molecule has 0 radical (unpaired) electrons. The Morgan fingerprint density at radius 2 is 1.74 bits per heavy atom. The van der Waals surface area contributed by atoms with Gasteiger partial charge in [-0.1, -0.05) is 0 Å². The number of carbonyl (C=O) groups is 2. The van der Waals surface area contributed by atoms with Crippen LogP contribution >= 0.6 is 0 Å². The normalized spacial score (nSPS) is 18.5. The summed E-state index contributed by atoms with van der Waals surface area (Å²) in [4.78, 5) is 24.1. The van der Waals surface area contributed by atoms with Gasteiger partial charge < -0.3 is 33.5 Å². The van der Waals surface area contributed by atoms with Gasteiger partial charge in [0.05, 0.1) is 33.1 Å². The van der Waals surface area contributed by atoms with Gasteiger partial charge in [0.15, 0.2) is 17.6 Å². The molecule has 168 valence electrons. The number of aliphatic hydroxyl groups is 1. The minimum Gasteiger partial charge on any atom is -0.496 e. The molecule has 31 heavy (non-hydrogen) atoms. The van der Waals surface area contributed by atoms with Gasteiger partial charge in [-0.25, -0.2) is 4.79 Å². The molecule has 1 fully saturated rings. The lowest BCUT2D eigenvalue weighted by Crippen LogP contribution is -2.26. The van der Waals surface area contributed by atoms with E-state index in [2.05, 4.69) is 0 Å². The van der Waals surface area contributed by atoms with E-state index in [1.807, 2.05) is 0 Å². The number of carbonyl (C=O) groups excluding carboxylic acids is 2. The van der Waals surface area contributed by atoms with E-state index in [-0.39, 0.29) is 17.9 Å². The molecule has 9 heteroatoms. The Morgan fingerprint density at radius 3 is 2.26 bits per heavy atom. The first-order chi connectivity index (χ1) is 14.6. The van der Waals surface area contributed by atoms with Crippen LogP contribution in [0.5, 0.6) is 23.0 Å². The molecule has 3 rings (SSSR count). The maximum absolute atomic E-state index is 12.4. The summed E-state index contributed by atoms with van der Waals surface area (Å²) in [5, 5.41) is 11.2. The van der Waals surface area contributed by atoms with Gasteiger partial charge in [0.25, 0.3) is 0 Å². The number of fused-ring (bicyclic) bond motifs is 1. The Kier molecular flexibility index (Phi) is 6.17. The third-order valence-electron chi connectivity index (χ3n) is 4.67. The highest BCUT2D eigenvalue weighted by molar-refractivity contribution is 6.01. The lowest BCUT2D eigenvalue weighted by atomic mass is 9.97. The molecule has 2 aromatic carbocycles. The number of rotatable bonds is 5. The summed E-state index contributed by atoms with van der Waals surface area (Å²) < 4.78 is 32.6. The van der Waals surface area contributed by atoms with Gasteiger partial charge >= 0.3 is 12.1 Å². The highest BCUT2D eigenvalue weighted by atomic mass is 16.7. The van der Waals surface area contributed by atoms with Crippen LogP contribution in [-0.2, 0) is 14.3 Å². The van der Waals surface area contributed by atoms with Crippen LogP contribution < -0.4 is 18.9 Å². The van der Waals surface area contributed by atoms with Crippen molar-refractivity contribution >= 4 is 22.9 Å². The zero-order valence-corrected chi connectivity index (χ0v) is 18.3. The largest absolute Gasteiger partial charge is 0.514 e. The predicted molar refractivity (Wildman–Crippen MR) is 110 cm³/mol. The molecular formula is C22H26O9. The van der Waals surface area contributed by atoms with Crippen molar-refractivity contribution in [2.75, 3.05) is 21.3 Å². The number of ether oxygens (including phenoxy) is 6. The summed E-state index contributed by atoms with van der Waals surface area (Å²) in [6, 6.07) is 4.88. The molecule has 0 saturated carbocycles. The lowest BCUT2D eigenvalue weighted by Gasteiger charge is -2.23. The van der Waals surface area contributed by atoms with Crippen molar-refractivity contribution in [1.82, 2.24) is 0 Å². The number of hydrogen-bond donors (Lipinski definition) is 1. The summed E-state index contributed by atoms with van der Waals surface area (Å²) in [7, 11) is 4.33. The van der Waals surface area contributed by atoms with Gasteiger partial charge in [-0.3, -0.25) is 4.79 Å². The van der Waals surface area contributed by atoms with E-state index in [1.54, 1.807) is 39.0 Å². The average molecular weight is 434 g/mol. The summed E-state index contributed by atoms with van der Waals surface area (Å²) in [5.74, 6) is 0.491. The number of aliphatic hydroxyl groups excluding tert-OH is 1. The molecule has 1 N–H and O–H groups in total. The van der Waals surface area contributed by atoms with Crippen molar-refractivity contribution in [3.8, 4) is 23.0 Å². The van der Waals surface area contributed by atoms with Gasteiger partial charge in [0, 0.05) is 10.9 Å². The standard InChI is InChI=1S/C22H26O9/c1-22(2,3)31-21(25)30-20-14(26-4)8-7-11-17(20)15(27-5)9-12(18(11)28-6)19-13(23)10-16(24)29-19/h7-9,13,19,23H,10H2,1-6H3/t13-,19-/m0/s1. The fourth-order valence-electron chi connectivity index (χ4n) is 3.47. The molecule has 0 aromatic heterocycles. The Bertz CT molecular complexity index is 1010. The van der Waals surface area contributed by atoms with Crippen molar-refractivity contribution in [1.29, 1.82) is 0 Å². The zero-order valence-electron chi connectivity index (χ0n) is 18.3. The Hall–Kier alpha value is -3.20. The van der Waals surface area contributed by atoms with Gasteiger partial charge in [-0.15, -0.1) is 0 Å². The van der Waals surface area contributed by atoms with Crippen LogP contribution in [0.15, 0.2) is 18.2 Å². The lowest BCUT2D eigenvalue weighted by molar-refractivity contribution is -0.142. The van der Waals surface area contributed by atoms with E-state index in [9.17, 15) is 14.7 Å². The maximum atomic E-state index is 12.4. The summed E-state index contributed by atoms with van der Waals surface area (Å²) in [5.41, 5.74) is -0.328. The van der Waals surface area contributed by atoms with Crippen molar-refractivity contribution in [2.24, 2.45) is 0 Å². The molecule has 1 heterocycles. The summed E-state index contributed by atoms with van der Waals surface area (Å²) >= 11 is 0. The monoisotopic (exact) mass is 434 g/mol. The molecule has 0 bridgehead atoms. The highest BCUT2D eigenvalue weighted by Gasteiger charge is 2.38. The van der Waals surface area contributed by atoms with Crippen LogP contribution in [0.25, 0.3) is 10.8 Å². The SMILES string of the molecule is COc1ccc2c(OC)c([C@@H]3OC(=O)C[C@@H]3O)cc(OC)c2c1OC(=O)OC(C)(C)C. The molecule has 0 spiro atoms. The van der Waals surface area contributed by atoms with Crippen molar-refractivity contribution in [3.05, 3.63) is 23.8 Å². The quantitative estimate of drug-likeness (QED) is 0.558. The third-order valence-corrected chi connectivity index (χ3v) is 4.67. The van der Waals surface area contributed by atoms with Crippen molar-refractivity contribution < 1.29 is 43.1 Å². The first-order valence-corrected chi connectivity index (χ1v) is 9.63. The smallest absolute Gasteiger partial charge is 0.496 e. The Morgan fingerprint density at radius 1 is 1.06 bits per heavy atom. The minimum atomic E-state index is -1.03. The molecule has 9 nitrogen and oxygen atoms in total. The number of esters is 1. The van der Waals surface area contributed by atoms with Crippen molar-refractivity contribution in [2.45, 2.75) is 45.0 Å². The molecular weight excluding hydrogens is 408 g/mol. The van der Waals surface area contributed by atoms with Gasteiger partial charge in [0.1, 0.15) is 23.2 Å². The van der Waals surface area contributed by atoms with Gasteiger partial charge in [0.2, 0.25) is 0 Å². The van der Waals surface area contributed by atoms with E-state index < -0.39 is 29.9 Å². The molecule has 1 saturated heterocycles. The predicted octanol–water partition coefficient (Wildman–Crippen LogP) is 3.53. The molecule has 2 atom stereocenters. The number of hydrogen-bond acceptors (Lipinski definition) is 9. The number of methoxy groups -OCH3 is 3. The van der Waals surface area contributed by atoms with E-state index >= 15 is 0 Å². The zero-order chi connectivity index (χ0) is 22.9. The second kappa shape index (κ2) is 8.50. The van der Waals surface area contributed by atoms with E-state index in [0.717, 1.165) is 0 Å². The van der Waals surface area contributed by atoms with E-state index in [4.69, 9.17) is 28.4 Å². The first kappa shape index (κ1) is 22.5. The Labute approximate surface area is 179 Å². The second-order valence-corrected chi connectivity index (χ2v) is 7.97. The average Bonchev–Trinajstić information content (AvgIpc) is 3.03. The number of cyclic esters (lactones) is 1. The van der Waals surface area contributed by atoms with Crippen LogP contribution in [-0.4, -0.2) is 50.3 Å². The maximum Gasteiger partial charge on any atom is 0.514 e. The minimum absolute atomic E-state index is 0.0833.